The summed E-state index contributed by atoms with van der Waals surface area (Å²) in [6, 6.07) is 23.4. The van der Waals surface area contributed by atoms with Gasteiger partial charge in [-0.25, -0.2) is 19.9 Å². The molecule has 21 heteroatoms. The normalized spacial score (nSPS) is 13.1. The first-order valence-electron chi connectivity index (χ1n) is 26.0. The second-order valence-corrected chi connectivity index (χ2v) is 19.8. The molecule has 10 heterocycles. The van der Waals surface area contributed by atoms with Crippen LogP contribution < -0.4 is 25.3 Å². The van der Waals surface area contributed by atoms with Crippen LogP contribution in [0.25, 0.3) is 110 Å². The Morgan fingerprint density at radius 3 is 1.53 bits per heavy atom. The van der Waals surface area contributed by atoms with Crippen LogP contribution in [0.4, 0.5) is 0 Å². The molecule has 21 nitrogen and oxygen atoms in total. The second-order valence-electron chi connectivity index (χ2n) is 19.8. The Bertz CT molecular complexity index is 4420. The number of H-pyrrole nitrogens is 2. The summed E-state index contributed by atoms with van der Waals surface area (Å²) in [6.45, 7) is 14.3. The van der Waals surface area contributed by atoms with Gasteiger partial charge >= 0.3 is 0 Å². The van der Waals surface area contributed by atoms with Gasteiger partial charge in [-0.3, -0.25) is 19.6 Å². The molecule has 2 aliphatic heterocycles. The number of methoxy groups -OCH3 is 2. The highest BCUT2D eigenvalue weighted by Crippen LogP contribution is 2.45. The van der Waals surface area contributed by atoms with Gasteiger partial charge in [-0.1, -0.05) is 43.4 Å². The summed E-state index contributed by atoms with van der Waals surface area (Å²) >= 11 is 0. The van der Waals surface area contributed by atoms with Crippen molar-refractivity contribution in [2.24, 2.45) is 5.73 Å². The Morgan fingerprint density at radius 2 is 1.10 bits per heavy atom. The first kappa shape index (κ1) is 56.6. The highest BCUT2D eigenvalue weighted by atomic mass is 16.5. The monoisotopic (exact) mass is 1120 g/mol. The van der Waals surface area contributed by atoms with Crippen LogP contribution in [0.2, 0.25) is 0 Å². The van der Waals surface area contributed by atoms with Crippen LogP contribution in [-0.4, -0.2) is 115 Å². The van der Waals surface area contributed by atoms with E-state index in [1.165, 1.54) is 0 Å². The average Bonchev–Trinajstić information content (AvgIpc) is 2.21. The fourth-order valence-electron chi connectivity index (χ4n) is 10.6. The number of benzene rings is 4. The Morgan fingerprint density at radius 1 is 0.614 bits per heavy atom. The third kappa shape index (κ3) is 10.2. The van der Waals surface area contributed by atoms with Crippen molar-refractivity contribution in [3.63, 3.8) is 0 Å². The van der Waals surface area contributed by atoms with Crippen LogP contribution in [0.3, 0.4) is 0 Å². The average molecular weight is 1120 g/mol. The lowest BCUT2D eigenvalue weighted by Gasteiger charge is -2.27. The number of carbonyl (C=O) groups is 2. The molecule has 2 saturated heterocycles. The van der Waals surface area contributed by atoms with E-state index in [0.717, 1.165) is 118 Å². The van der Waals surface area contributed by atoms with Gasteiger partial charge in [-0.2, -0.15) is 0 Å². The highest BCUT2D eigenvalue weighted by molar-refractivity contribution is 6.18. The molecule has 0 aliphatic carbocycles. The predicted octanol–water partition coefficient (Wildman–Crippen LogP) is 11.1. The summed E-state index contributed by atoms with van der Waals surface area (Å²) in [5, 5.41) is 16.4. The van der Waals surface area contributed by atoms with E-state index >= 15 is 0 Å². The van der Waals surface area contributed by atoms with Gasteiger partial charge in [-0.05, 0) is 96.1 Å². The van der Waals surface area contributed by atoms with Crippen molar-refractivity contribution in [2.45, 2.75) is 68.5 Å². The first-order valence-corrected chi connectivity index (χ1v) is 26.0. The van der Waals surface area contributed by atoms with Crippen molar-refractivity contribution in [3.8, 4) is 62.0 Å². The fourth-order valence-corrected chi connectivity index (χ4v) is 10.6. The molecule has 14 rings (SSSR count). The minimum atomic E-state index is -0.170. The van der Waals surface area contributed by atoms with E-state index in [9.17, 15) is 9.59 Å². The van der Waals surface area contributed by atoms with Gasteiger partial charge in [0.25, 0.3) is 12.4 Å². The third-order valence-corrected chi connectivity index (χ3v) is 14.4. The molecule has 0 unspecified atom stereocenters. The number of amides is 1. The number of rotatable bonds is 10. The topological polar surface area (TPSA) is 279 Å². The smallest absolute Gasteiger partial charge is 0.298 e. The summed E-state index contributed by atoms with van der Waals surface area (Å²) < 4.78 is 37.6. The molecule has 2 aliphatic rings. The van der Waals surface area contributed by atoms with Gasteiger partial charge < -0.3 is 53.7 Å². The van der Waals surface area contributed by atoms with Gasteiger partial charge in [0, 0.05) is 67.2 Å². The summed E-state index contributed by atoms with van der Waals surface area (Å²) in [5.41, 5.74) is 18.5. The van der Waals surface area contributed by atoms with Gasteiger partial charge in [0.05, 0.1) is 108 Å². The lowest BCUT2D eigenvalue weighted by atomic mass is 9.97. The number of carbonyl (C=O) groups excluding carboxylic acids is 2. The fraction of sp³-hybridized carbons (Fsp3) is 0.258. The van der Waals surface area contributed by atoms with E-state index in [1.54, 1.807) is 32.7 Å². The molecule has 5 N–H and O–H groups in total. The van der Waals surface area contributed by atoms with E-state index in [4.69, 9.17) is 53.4 Å². The SMILES string of the molecule is C.C.COc1cc2c(cc1-c1c(C)noc1C)[nH]c1nc(C)nc(-c3ccc(C(=O)NC4COC4)c4ncccc34)c12.COc1cc2c(cc1-c1c(C)noc1C)[nH]c1nc(C)nc(-c3ccc(OC=O)c4ncccc34)c12.NC1COC1. The molecule has 0 spiro atoms. The number of nitrogens with two attached hydrogens (primary N) is 1. The molecule has 1 amide bonds. The summed E-state index contributed by atoms with van der Waals surface area (Å²) in [6.07, 6.45) is 3.36. The lowest BCUT2D eigenvalue weighted by molar-refractivity contribution is -0.120. The summed E-state index contributed by atoms with van der Waals surface area (Å²) in [4.78, 5) is 59.3. The minimum Gasteiger partial charge on any atom is -0.496 e. The molecule has 0 atom stereocenters. The van der Waals surface area contributed by atoms with Gasteiger partial charge in [-0.15, -0.1) is 0 Å². The minimum absolute atomic E-state index is 0. The third-order valence-electron chi connectivity index (χ3n) is 14.4. The largest absolute Gasteiger partial charge is 0.496 e. The Hall–Kier alpha value is -9.70. The van der Waals surface area contributed by atoms with E-state index in [-0.39, 0.29) is 26.8 Å². The van der Waals surface area contributed by atoms with Crippen molar-refractivity contribution < 1.29 is 42.3 Å². The van der Waals surface area contributed by atoms with Crippen LogP contribution >= 0.6 is 0 Å². The maximum atomic E-state index is 13.1. The molecule has 83 heavy (non-hydrogen) atoms. The first-order chi connectivity index (χ1) is 39.3. The van der Waals surface area contributed by atoms with Crippen molar-refractivity contribution in [2.75, 3.05) is 40.6 Å². The second kappa shape index (κ2) is 23.0. The molecule has 0 saturated carbocycles. The zero-order valence-corrected chi connectivity index (χ0v) is 45.5. The molecular formula is C62H62N12O9. The molecular weight excluding hydrogens is 1060 g/mol. The molecule has 8 aromatic heterocycles. The molecule has 0 bridgehead atoms. The van der Waals surface area contributed by atoms with E-state index in [2.05, 4.69) is 40.6 Å². The molecule has 2 fully saturated rings. The Kier molecular flexibility index (Phi) is 15.7. The van der Waals surface area contributed by atoms with Gasteiger partial charge in [0.15, 0.2) is 5.75 Å². The summed E-state index contributed by atoms with van der Waals surface area (Å²) in [5.74, 6) is 4.26. The van der Waals surface area contributed by atoms with Crippen LogP contribution in [0.1, 0.15) is 59.8 Å². The Labute approximate surface area is 476 Å². The zero-order valence-electron chi connectivity index (χ0n) is 45.5. The van der Waals surface area contributed by atoms with Gasteiger partial charge in [0.1, 0.15) is 51.5 Å². The molecule has 4 aromatic carbocycles. The van der Waals surface area contributed by atoms with Crippen LogP contribution in [0.5, 0.6) is 17.2 Å². The van der Waals surface area contributed by atoms with E-state index in [0.29, 0.717) is 88.3 Å². The maximum absolute atomic E-state index is 13.1. The number of aromatic nitrogens is 10. The van der Waals surface area contributed by atoms with E-state index < -0.39 is 0 Å². The lowest BCUT2D eigenvalue weighted by Crippen LogP contribution is -2.48. The number of aryl methyl sites for hydroxylation is 6. The number of hydrogen-bond acceptors (Lipinski definition) is 18. The maximum Gasteiger partial charge on any atom is 0.298 e. The quantitative estimate of drug-likeness (QED) is 0.0926. The van der Waals surface area contributed by atoms with Gasteiger partial charge in [0.2, 0.25) is 0 Å². The van der Waals surface area contributed by atoms with Crippen molar-refractivity contribution in [1.29, 1.82) is 0 Å². The van der Waals surface area contributed by atoms with Crippen LogP contribution in [-0.2, 0) is 14.3 Å². The van der Waals surface area contributed by atoms with Crippen molar-refractivity contribution in [3.05, 3.63) is 125 Å². The van der Waals surface area contributed by atoms with E-state index in [1.807, 2.05) is 108 Å². The van der Waals surface area contributed by atoms with Crippen molar-refractivity contribution >= 4 is 78.1 Å². The van der Waals surface area contributed by atoms with Crippen LogP contribution in [0, 0.1) is 41.5 Å². The molecule has 12 aromatic rings. The number of nitrogens with one attached hydrogen (secondary N) is 3. The number of ether oxygens (including phenoxy) is 5. The summed E-state index contributed by atoms with van der Waals surface area (Å²) in [7, 11) is 3.29. The van der Waals surface area contributed by atoms with Crippen molar-refractivity contribution in [1.82, 2.24) is 55.5 Å². The molecule has 0 radical (unpaired) electrons. The number of hydrogen-bond donors (Lipinski definition) is 4. The zero-order chi connectivity index (χ0) is 56.2. The Balaban J connectivity index is 0.000000168. The number of fused-ring (bicyclic) bond motifs is 8. The standard InChI is InChI=1S/C30H26N6O4.C27H21N5O4.C3H7NO.2CH4/c1-14-25(15(2)40-36-14)22-10-23-21(11-24(22)38-4)26-28(32-16(3)33-29(26)35-23)19-7-8-20(27-18(19)6-5-9-31-27)30(37)34-17-12-39-13-17;1-13-23(14(2)36-32-13)19-10-20-18(11-22(19)34-4)24-26(29-15(3)30-27(24)31-20)17-7-8-21(35-12-33)25-16(17)6-5-9-28-25;4-3-1-5-2-3;;/h5-11,17H,12-13H2,1-4H3,(H,34,37)(H,32,33,35);5-12H,1-4H3,(H,29,30,31);3H,1-2,4H2;2*1H4. The number of nitrogens with zero attached hydrogens (tertiary/aromatic N) is 8. The number of pyridine rings is 2. The molecule has 424 valence electrons. The predicted molar refractivity (Wildman–Crippen MR) is 318 cm³/mol. The van der Waals surface area contributed by atoms with Crippen LogP contribution in [0.15, 0.2) is 94.2 Å². The highest BCUT2D eigenvalue weighted by Gasteiger charge is 2.27. The number of aromatic amines is 2.